The van der Waals surface area contributed by atoms with Crippen LogP contribution in [0.4, 0.5) is 5.69 Å². The van der Waals surface area contributed by atoms with Crippen LogP contribution in [0.25, 0.3) is 0 Å². The van der Waals surface area contributed by atoms with E-state index in [9.17, 15) is 19.5 Å². The largest absolute Gasteiger partial charge is 0.465 e. The summed E-state index contributed by atoms with van der Waals surface area (Å²) in [6, 6.07) is 6.09. The fourth-order valence-electron chi connectivity index (χ4n) is 7.04. The average Bonchev–Trinajstić information content (AvgIpc) is 3.57. The first-order chi connectivity index (χ1) is 19.8. The first-order valence-corrected chi connectivity index (χ1v) is 15.2. The molecular formula is C32H43ClN2O6. The molecule has 1 spiro atoms. The van der Waals surface area contributed by atoms with Crippen molar-refractivity contribution in [2.24, 2.45) is 11.8 Å². The molecule has 1 aromatic rings. The molecule has 41 heavy (non-hydrogen) atoms. The van der Waals surface area contributed by atoms with Gasteiger partial charge in [-0.25, -0.2) is 0 Å². The molecule has 224 valence electrons. The highest BCUT2D eigenvalue weighted by Crippen LogP contribution is 2.64. The molecular weight excluding hydrogens is 544 g/mol. The number of amides is 2. The van der Waals surface area contributed by atoms with E-state index in [4.69, 9.17) is 21.1 Å². The minimum atomic E-state index is -1.13. The van der Waals surface area contributed by atoms with Gasteiger partial charge in [0.1, 0.15) is 17.6 Å². The van der Waals surface area contributed by atoms with Gasteiger partial charge in [0.2, 0.25) is 5.91 Å². The van der Waals surface area contributed by atoms with Crippen molar-refractivity contribution in [3.05, 3.63) is 54.6 Å². The number of fused-ring (bicyclic) bond motifs is 1. The van der Waals surface area contributed by atoms with Crippen LogP contribution in [0.1, 0.15) is 64.7 Å². The number of likely N-dealkylation sites (tertiary alicyclic amines) is 1. The topological polar surface area (TPSA) is 96.4 Å². The van der Waals surface area contributed by atoms with Crippen molar-refractivity contribution in [2.45, 2.75) is 82.0 Å². The maximum atomic E-state index is 14.5. The molecule has 1 N–H and O–H groups in total. The lowest BCUT2D eigenvalue weighted by Crippen LogP contribution is -2.56. The van der Waals surface area contributed by atoms with Crippen molar-refractivity contribution in [1.29, 1.82) is 0 Å². The number of halogens is 1. The molecule has 2 unspecified atom stereocenters. The van der Waals surface area contributed by atoms with Crippen molar-refractivity contribution in [3.63, 3.8) is 0 Å². The summed E-state index contributed by atoms with van der Waals surface area (Å²) in [6.45, 7) is 10.5. The summed E-state index contributed by atoms with van der Waals surface area (Å²) in [5, 5.41) is 9.83. The van der Waals surface area contributed by atoms with Gasteiger partial charge in [-0.3, -0.25) is 14.4 Å². The monoisotopic (exact) mass is 586 g/mol. The molecule has 5 atom stereocenters. The van der Waals surface area contributed by atoms with Crippen molar-refractivity contribution < 1.29 is 29.0 Å². The number of aliphatic hydroxyl groups is 1. The average molecular weight is 587 g/mol. The number of hydrogen-bond acceptors (Lipinski definition) is 6. The lowest BCUT2D eigenvalue weighted by atomic mass is 9.65. The first-order valence-electron chi connectivity index (χ1n) is 14.9. The molecule has 2 bridgehead atoms. The normalized spacial score (nSPS) is 28.0. The van der Waals surface area contributed by atoms with Crippen LogP contribution in [-0.4, -0.2) is 71.3 Å². The number of unbranched alkanes of at least 4 members (excludes halogenated alkanes) is 4. The van der Waals surface area contributed by atoms with E-state index in [1.165, 1.54) is 0 Å². The Morgan fingerprint density at radius 2 is 1.90 bits per heavy atom. The van der Waals surface area contributed by atoms with Crippen molar-refractivity contribution in [3.8, 4) is 0 Å². The standard InChI is InChI=1S/C32H43ClN2O6/c1-4-7-8-12-22-40-30(39)26-25-28(37)35(20-10-9-11-21-36)27(32(25)18-17-31(26,6-3)41-32)29(38)34(19-5-2)24-15-13-23(33)14-16-24/h4-5,13-16,25-27,36H,1-2,6-12,17-22H2,3H3/t25-,26-,27?,31+,32?/m0/s1. The van der Waals surface area contributed by atoms with Gasteiger partial charge in [-0.05, 0) is 82.1 Å². The van der Waals surface area contributed by atoms with Gasteiger partial charge in [0.25, 0.3) is 5.91 Å². The molecule has 0 aromatic heterocycles. The maximum absolute atomic E-state index is 14.5. The zero-order valence-corrected chi connectivity index (χ0v) is 24.8. The molecule has 4 rings (SSSR count). The van der Waals surface area contributed by atoms with Crippen LogP contribution in [-0.2, 0) is 23.9 Å². The van der Waals surface area contributed by atoms with Crippen molar-refractivity contribution in [1.82, 2.24) is 4.90 Å². The third-order valence-corrected chi connectivity index (χ3v) is 9.24. The highest BCUT2D eigenvalue weighted by molar-refractivity contribution is 6.30. The van der Waals surface area contributed by atoms with E-state index in [0.29, 0.717) is 62.2 Å². The molecule has 9 heteroatoms. The second-order valence-corrected chi connectivity index (χ2v) is 11.8. The Balaban J connectivity index is 1.70. The van der Waals surface area contributed by atoms with Gasteiger partial charge in [-0.2, -0.15) is 0 Å². The molecule has 3 saturated heterocycles. The summed E-state index contributed by atoms with van der Waals surface area (Å²) in [5.41, 5.74) is -1.33. The number of carbonyl (C=O) groups excluding carboxylic acids is 3. The Labute approximate surface area is 248 Å². The SMILES string of the molecule is C=CCCCCOC(=O)[C@@H]1[C@H]2C(=O)N(CCCCCO)C(C(=O)N(CC=C)c3ccc(Cl)cc3)C23CC[C@@]1(CC)O3. The highest BCUT2D eigenvalue weighted by Gasteiger charge is 2.79. The minimum Gasteiger partial charge on any atom is -0.465 e. The quantitative estimate of drug-likeness (QED) is 0.165. The Hall–Kier alpha value is -2.68. The molecule has 2 amide bonds. The predicted molar refractivity (Wildman–Crippen MR) is 158 cm³/mol. The number of hydrogen-bond donors (Lipinski definition) is 1. The number of anilines is 1. The molecule has 1 aromatic carbocycles. The van der Waals surface area contributed by atoms with Gasteiger partial charge >= 0.3 is 5.97 Å². The summed E-state index contributed by atoms with van der Waals surface area (Å²) in [7, 11) is 0. The summed E-state index contributed by atoms with van der Waals surface area (Å²) < 4.78 is 12.6. The van der Waals surface area contributed by atoms with Gasteiger partial charge in [0.15, 0.2) is 0 Å². The highest BCUT2D eigenvalue weighted by atomic mass is 35.5. The van der Waals surface area contributed by atoms with Gasteiger partial charge in [-0.15, -0.1) is 13.2 Å². The van der Waals surface area contributed by atoms with Crippen LogP contribution < -0.4 is 4.90 Å². The van der Waals surface area contributed by atoms with Gasteiger partial charge < -0.3 is 24.4 Å². The lowest BCUT2D eigenvalue weighted by Gasteiger charge is -2.37. The Morgan fingerprint density at radius 3 is 2.56 bits per heavy atom. The van der Waals surface area contributed by atoms with E-state index in [2.05, 4.69) is 13.2 Å². The number of esters is 1. The fraction of sp³-hybridized carbons (Fsp3) is 0.594. The number of aliphatic hydroxyl groups excluding tert-OH is 1. The van der Waals surface area contributed by atoms with Crippen LogP contribution in [0.3, 0.4) is 0 Å². The molecule has 3 fully saturated rings. The van der Waals surface area contributed by atoms with Crippen LogP contribution in [0.5, 0.6) is 0 Å². The molecule has 0 radical (unpaired) electrons. The molecule has 0 aliphatic carbocycles. The summed E-state index contributed by atoms with van der Waals surface area (Å²) >= 11 is 6.12. The van der Waals surface area contributed by atoms with Gasteiger partial charge in [0.05, 0.1) is 18.1 Å². The first kappa shape index (κ1) is 31.3. The van der Waals surface area contributed by atoms with E-state index >= 15 is 0 Å². The number of carbonyl (C=O) groups is 3. The molecule has 8 nitrogen and oxygen atoms in total. The number of allylic oxidation sites excluding steroid dienone is 1. The third-order valence-electron chi connectivity index (χ3n) is 8.99. The second kappa shape index (κ2) is 13.5. The van der Waals surface area contributed by atoms with E-state index < -0.39 is 35.0 Å². The zero-order chi connectivity index (χ0) is 29.6. The summed E-state index contributed by atoms with van der Waals surface area (Å²) in [6.07, 6.45) is 9.48. The van der Waals surface area contributed by atoms with Crippen LogP contribution in [0.2, 0.25) is 5.02 Å². The molecule has 3 aliphatic heterocycles. The Morgan fingerprint density at radius 1 is 1.15 bits per heavy atom. The summed E-state index contributed by atoms with van der Waals surface area (Å²) in [5.74, 6) is -2.48. The van der Waals surface area contributed by atoms with Crippen LogP contribution in [0, 0.1) is 11.8 Å². The number of ether oxygens (including phenoxy) is 2. The van der Waals surface area contributed by atoms with E-state index in [0.717, 1.165) is 12.8 Å². The molecule has 3 heterocycles. The van der Waals surface area contributed by atoms with E-state index in [1.54, 1.807) is 40.1 Å². The molecule has 3 aliphatic rings. The minimum absolute atomic E-state index is 0.0649. The lowest BCUT2D eigenvalue weighted by molar-refractivity contribution is -0.161. The Bertz CT molecular complexity index is 1130. The second-order valence-electron chi connectivity index (χ2n) is 11.3. The van der Waals surface area contributed by atoms with Gasteiger partial charge in [0, 0.05) is 30.4 Å². The van der Waals surface area contributed by atoms with Crippen molar-refractivity contribution >= 4 is 35.1 Å². The zero-order valence-electron chi connectivity index (χ0n) is 24.1. The van der Waals surface area contributed by atoms with Crippen LogP contribution >= 0.6 is 11.6 Å². The fourth-order valence-corrected chi connectivity index (χ4v) is 7.17. The Kier molecular flexibility index (Phi) is 10.3. The van der Waals surface area contributed by atoms with Gasteiger partial charge in [-0.1, -0.05) is 30.7 Å². The molecule has 0 saturated carbocycles. The predicted octanol–water partition coefficient (Wildman–Crippen LogP) is 5.08. The summed E-state index contributed by atoms with van der Waals surface area (Å²) in [4.78, 5) is 45.7. The van der Waals surface area contributed by atoms with E-state index in [-0.39, 0.29) is 31.6 Å². The van der Waals surface area contributed by atoms with E-state index in [1.807, 2.05) is 13.0 Å². The number of rotatable bonds is 16. The number of benzene rings is 1. The van der Waals surface area contributed by atoms with Crippen LogP contribution in [0.15, 0.2) is 49.6 Å². The third kappa shape index (κ3) is 5.84. The van der Waals surface area contributed by atoms with Crippen molar-refractivity contribution in [2.75, 3.05) is 31.2 Å². The maximum Gasteiger partial charge on any atom is 0.312 e. The smallest absolute Gasteiger partial charge is 0.312 e. The number of nitrogens with zero attached hydrogens (tertiary/aromatic N) is 2.